The third-order valence-corrected chi connectivity index (χ3v) is 4.03. The van der Waals surface area contributed by atoms with Crippen LogP contribution in [0.2, 0.25) is 0 Å². The van der Waals surface area contributed by atoms with E-state index in [-0.39, 0.29) is 5.92 Å². The topological polar surface area (TPSA) is 49.0 Å². The number of furan rings is 1. The molecule has 2 aromatic rings. The van der Waals surface area contributed by atoms with Crippen molar-refractivity contribution in [2.75, 3.05) is 0 Å². The van der Waals surface area contributed by atoms with Crippen molar-refractivity contribution in [3.05, 3.63) is 63.9 Å². The van der Waals surface area contributed by atoms with Gasteiger partial charge in [0, 0.05) is 5.70 Å². The monoisotopic (exact) mass is 268 g/mol. The molecule has 0 radical (unpaired) electrons. The highest BCUT2D eigenvalue weighted by Gasteiger charge is 2.25. The second kappa shape index (κ2) is 4.79. The molecule has 0 bridgehead atoms. The highest BCUT2D eigenvalue weighted by molar-refractivity contribution is 7.11. The SMILES string of the molecule is CC1=C(C#N)C(c2ccco2)C=C(c2cccs2)N1. The summed E-state index contributed by atoms with van der Waals surface area (Å²) in [6.07, 6.45) is 3.69. The lowest BCUT2D eigenvalue weighted by atomic mass is 9.91. The van der Waals surface area contributed by atoms with Crippen LogP contribution < -0.4 is 5.32 Å². The van der Waals surface area contributed by atoms with Crippen molar-refractivity contribution in [2.45, 2.75) is 12.8 Å². The number of nitriles is 1. The average molecular weight is 268 g/mol. The normalized spacial score (nSPS) is 18.7. The van der Waals surface area contributed by atoms with E-state index >= 15 is 0 Å². The van der Waals surface area contributed by atoms with Crippen LogP contribution in [0, 0.1) is 11.3 Å². The maximum absolute atomic E-state index is 9.33. The highest BCUT2D eigenvalue weighted by Crippen LogP contribution is 2.35. The fraction of sp³-hybridized carbons (Fsp3) is 0.133. The van der Waals surface area contributed by atoms with Crippen molar-refractivity contribution < 1.29 is 4.42 Å². The summed E-state index contributed by atoms with van der Waals surface area (Å²) < 4.78 is 5.46. The maximum atomic E-state index is 9.33. The highest BCUT2D eigenvalue weighted by atomic mass is 32.1. The predicted molar refractivity (Wildman–Crippen MR) is 75.2 cm³/mol. The molecule has 0 fully saturated rings. The van der Waals surface area contributed by atoms with Gasteiger partial charge in [-0.25, -0.2) is 0 Å². The Bertz CT molecular complexity index is 672. The van der Waals surface area contributed by atoms with Crippen molar-refractivity contribution in [2.24, 2.45) is 0 Å². The van der Waals surface area contributed by atoms with Gasteiger partial charge in [0.2, 0.25) is 0 Å². The summed E-state index contributed by atoms with van der Waals surface area (Å²) >= 11 is 1.67. The van der Waals surface area contributed by atoms with E-state index in [1.54, 1.807) is 17.6 Å². The molecular weight excluding hydrogens is 256 g/mol. The lowest BCUT2D eigenvalue weighted by molar-refractivity contribution is 0.504. The van der Waals surface area contributed by atoms with Crippen LogP contribution in [0.5, 0.6) is 0 Å². The number of rotatable bonds is 2. The van der Waals surface area contributed by atoms with Crippen LogP contribution >= 0.6 is 11.3 Å². The van der Waals surface area contributed by atoms with Gasteiger partial charge in [0.05, 0.1) is 34.4 Å². The van der Waals surface area contributed by atoms with E-state index in [4.69, 9.17) is 4.42 Å². The van der Waals surface area contributed by atoms with Crippen LogP contribution in [0.15, 0.2) is 57.7 Å². The lowest BCUT2D eigenvalue weighted by Gasteiger charge is -2.22. The molecule has 0 aromatic carbocycles. The van der Waals surface area contributed by atoms with Gasteiger partial charge in [0.25, 0.3) is 0 Å². The maximum Gasteiger partial charge on any atom is 0.115 e. The van der Waals surface area contributed by atoms with Gasteiger partial charge in [-0.3, -0.25) is 0 Å². The number of hydrogen-bond donors (Lipinski definition) is 1. The van der Waals surface area contributed by atoms with Crippen LogP contribution in [0.1, 0.15) is 23.5 Å². The Morgan fingerprint density at radius 3 is 2.89 bits per heavy atom. The van der Waals surface area contributed by atoms with Gasteiger partial charge in [0.1, 0.15) is 5.76 Å². The van der Waals surface area contributed by atoms with E-state index in [0.29, 0.717) is 5.57 Å². The molecule has 3 nitrogen and oxygen atoms in total. The molecule has 0 saturated heterocycles. The van der Waals surface area contributed by atoms with Crippen LogP contribution in [0.3, 0.4) is 0 Å². The number of nitrogens with one attached hydrogen (secondary N) is 1. The molecule has 3 rings (SSSR count). The minimum absolute atomic E-state index is 0.113. The van der Waals surface area contributed by atoms with Crippen molar-refractivity contribution in [3.8, 4) is 6.07 Å². The fourth-order valence-corrected chi connectivity index (χ4v) is 2.92. The molecule has 0 amide bonds. The van der Waals surface area contributed by atoms with E-state index in [1.165, 1.54) is 0 Å². The lowest BCUT2D eigenvalue weighted by Crippen LogP contribution is -2.19. The second-order valence-electron chi connectivity index (χ2n) is 4.33. The fourth-order valence-electron chi connectivity index (χ4n) is 2.22. The van der Waals surface area contributed by atoms with Crippen LogP contribution in [-0.2, 0) is 0 Å². The van der Waals surface area contributed by atoms with Gasteiger partial charge in [-0.2, -0.15) is 5.26 Å². The minimum atomic E-state index is -0.113. The number of hydrogen-bond acceptors (Lipinski definition) is 4. The van der Waals surface area contributed by atoms with Crippen molar-refractivity contribution in [3.63, 3.8) is 0 Å². The van der Waals surface area contributed by atoms with E-state index in [2.05, 4.69) is 23.5 Å². The Balaban J connectivity index is 2.07. The van der Waals surface area contributed by atoms with Crippen molar-refractivity contribution >= 4 is 17.0 Å². The summed E-state index contributed by atoms with van der Waals surface area (Å²) in [6, 6.07) is 10.1. The Morgan fingerprint density at radius 1 is 1.37 bits per heavy atom. The Morgan fingerprint density at radius 2 is 2.26 bits per heavy atom. The number of nitrogens with zero attached hydrogens (tertiary/aromatic N) is 1. The standard InChI is InChI=1S/C15H12N2OS/c1-10-12(9-16)11(14-4-2-6-18-14)8-13(17-10)15-5-3-7-19-15/h2-8,11,17H,1H3. The molecule has 1 N–H and O–H groups in total. The van der Waals surface area contributed by atoms with Crippen LogP contribution in [0.4, 0.5) is 0 Å². The Hall–Kier alpha value is -2.25. The van der Waals surface area contributed by atoms with E-state index in [9.17, 15) is 5.26 Å². The zero-order valence-corrected chi connectivity index (χ0v) is 11.2. The predicted octanol–water partition coefficient (Wildman–Crippen LogP) is 3.87. The molecule has 1 atom stereocenters. The first-order valence-electron chi connectivity index (χ1n) is 5.96. The molecule has 1 unspecified atom stereocenters. The minimum Gasteiger partial charge on any atom is -0.468 e. The molecule has 94 valence electrons. The first-order chi connectivity index (χ1) is 9.29. The van der Waals surface area contributed by atoms with Crippen LogP contribution in [-0.4, -0.2) is 0 Å². The average Bonchev–Trinajstić information content (AvgIpc) is 3.11. The van der Waals surface area contributed by atoms with E-state index in [1.807, 2.05) is 30.5 Å². The van der Waals surface area contributed by atoms with Crippen LogP contribution in [0.25, 0.3) is 5.70 Å². The molecule has 0 spiro atoms. The van der Waals surface area contributed by atoms with Gasteiger partial charge in [-0.1, -0.05) is 6.07 Å². The first-order valence-corrected chi connectivity index (χ1v) is 6.84. The smallest absolute Gasteiger partial charge is 0.115 e. The first kappa shape index (κ1) is 11.8. The quantitative estimate of drug-likeness (QED) is 0.899. The molecule has 19 heavy (non-hydrogen) atoms. The van der Waals surface area contributed by atoms with Gasteiger partial charge >= 0.3 is 0 Å². The largest absolute Gasteiger partial charge is 0.468 e. The third-order valence-electron chi connectivity index (χ3n) is 3.13. The molecule has 1 aliphatic heterocycles. The van der Waals surface area contributed by atoms with Crippen molar-refractivity contribution in [1.82, 2.24) is 5.32 Å². The Kier molecular flexibility index (Phi) is 2.98. The van der Waals surface area contributed by atoms with Crippen molar-refractivity contribution in [1.29, 1.82) is 5.26 Å². The summed E-state index contributed by atoms with van der Waals surface area (Å²) in [7, 11) is 0. The molecule has 2 aromatic heterocycles. The van der Waals surface area contributed by atoms with E-state index < -0.39 is 0 Å². The molecule has 0 saturated carbocycles. The van der Waals surface area contributed by atoms with Gasteiger partial charge in [-0.05, 0) is 36.6 Å². The van der Waals surface area contributed by atoms with Gasteiger partial charge in [0.15, 0.2) is 0 Å². The summed E-state index contributed by atoms with van der Waals surface area (Å²) in [4.78, 5) is 1.16. The van der Waals surface area contributed by atoms with Gasteiger partial charge in [-0.15, -0.1) is 11.3 Å². The Labute approximate surface area is 115 Å². The molecule has 3 heterocycles. The van der Waals surface area contributed by atoms with Gasteiger partial charge < -0.3 is 9.73 Å². The summed E-state index contributed by atoms with van der Waals surface area (Å²) in [5.41, 5.74) is 2.62. The molecule has 4 heteroatoms. The molecule has 1 aliphatic rings. The zero-order chi connectivity index (χ0) is 13.2. The number of thiophene rings is 1. The molecule has 0 aliphatic carbocycles. The van der Waals surface area contributed by atoms with E-state index in [0.717, 1.165) is 22.0 Å². The number of dihydropyridines is 1. The third kappa shape index (κ3) is 2.09. The summed E-state index contributed by atoms with van der Waals surface area (Å²) in [6.45, 7) is 1.93. The summed E-state index contributed by atoms with van der Waals surface area (Å²) in [5, 5.41) is 14.7. The number of allylic oxidation sites excluding steroid dienone is 3. The second-order valence-corrected chi connectivity index (χ2v) is 5.27. The molecular formula is C15H12N2OS. The zero-order valence-electron chi connectivity index (χ0n) is 10.4. The summed E-state index contributed by atoms with van der Waals surface area (Å²) in [5.74, 6) is 0.685.